The van der Waals surface area contributed by atoms with Crippen molar-refractivity contribution in [3.8, 4) is 6.07 Å². The van der Waals surface area contributed by atoms with Gasteiger partial charge in [0.1, 0.15) is 5.76 Å². The molecule has 2 rings (SSSR count). The van der Waals surface area contributed by atoms with Crippen LogP contribution in [0.1, 0.15) is 27.7 Å². The first-order chi connectivity index (χ1) is 10.2. The maximum atomic E-state index is 12.1. The van der Waals surface area contributed by atoms with Crippen LogP contribution in [0.2, 0.25) is 0 Å². The number of carbonyl (C=O) groups is 1. The number of nitrogens with one attached hydrogen (secondary N) is 2. The molecule has 1 unspecified atom stereocenters. The van der Waals surface area contributed by atoms with Gasteiger partial charge in [0.25, 0.3) is 5.91 Å². The highest BCUT2D eigenvalue weighted by molar-refractivity contribution is 5.94. The molecule has 1 heterocycles. The molecule has 0 saturated carbocycles. The normalized spacial score (nSPS) is 11.6. The van der Waals surface area contributed by atoms with E-state index < -0.39 is 6.04 Å². The summed E-state index contributed by atoms with van der Waals surface area (Å²) < 4.78 is 5.13. The first-order valence-corrected chi connectivity index (χ1v) is 6.33. The van der Waals surface area contributed by atoms with E-state index in [1.807, 2.05) is 18.2 Å². The molecule has 6 nitrogen and oxygen atoms in total. The quantitative estimate of drug-likeness (QED) is 0.792. The summed E-state index contributed by atoms with van der Waals surface area (Å²) in [6, 6.07) is 11.5. The molecule has 108 valence electrons. The van der Waals surface area contributed by atoms with Crippen LogP contribution < -0.4 is 10.8 Å². The SMILES string of the molecule is CONCc1ccc(C(=O)NC(C#N)c2ccco2)cc1. The Bertz CT molecular complexity index is 615. The van der Waals surface area contributed by atoms with Crippen molar-refractivity contribution in [1.82, 2.24) is 10.8 Å². The molecular weight excluding hydrogens is 270 g/mol. The fraction of sp³-hybridized carbons (Fsp3) is 0.200. The van der Waals surface area contributed by atoms with Crippen molar-refractivity contribution in [3.05, 3.63) is 59.5 Å². The van der Waals surface area contributed by atoms with Crippen LogP contribution in [-0.4, -0.2) is 13.0 Å². The zero-order valence-corrected chi connectivity index (χ0v) is 11.5. The number of hydroxylamine groups is 1. The van der Waals surface area contributed by atoms with Crippen LogP contribution in [-0.2, 0) is 11.4 Å². The van der Waals surface area contributed by atoms with Gasteiger partial charge in [0, 0.05) is 12.1 Å². The summed E-state index contributed by atoms with van der Waals surface area (Å²) in [4.78, 5) is 16.8. The Morgan fingerprint density at radius 1 is 1.38 bits per heavy atom. The number of nitriles is 1. The number of hydrogen-bond donors (Lipinski definition) is 2. The maximum absolute atomic E-state index is 12.1. The van der Waals surface area contributed by atoms with Gasteiger partial charge in [0.15, 0.2) is 6.04 Å². The predicted molar refractivity (Wildman–Crippen MR) is 74.8 cm³/mol. The van der Waals surface area contributed by atoms with E-state index in [4.69, 9.17) is 14.5 Å². The number of rotatable bonds is 6. The van der Waals surface area contributed by atoms with Crippen LogP contribution in [0.4, 0.5) is 0 Å². The molecule has 0 aliphatic heterocycles. The summed E-state index contributed by atoms with van der Waals surface area (Å²) in [5.41, 5.74) is 4.17. The molecular formula is C15H15N3O3. The summed E-state index contributed by atoms with van der Waals surface area (Å²) in [5, 5.41) is 11.7. The molecule has 0 aliphatic carbocycles. The number of hydrogen-bond acceptors (Lipinski definition) is 5. The number of furan rings is 1. The Balaban J connectivity index is 2.01. The van der Waals surface area contributed by atoms with Gasteiger partial charge in [-0.2, -0.15) is 10.7 Å². The third-order valence-corrected chi connectivity index (χ3v) is 2.87. The third kappa shape index (κ3) is 3.92. The zero-order chi connectivity index (χ0) is 15.1. The lowest BCUT2D eigenvalue weighted by Gasteiger charge is -2.09. The van der Waals surface area contributed by atoms with E-state index in [0.717, 1.165) is 5.56 Å². The number of carbonyl (C=O) groups excluding carboxylic acids is 1. The lowest BCUT2D eigenvalue weighted by atomic mass is 10.1. The highest BCUT2D eigenvalue weighted by Crippen LogP contribution is 2.13. The van der Waals surface area contributed by atoms with Crippen LogP contribution in [0.3, 0.4) is 0 Å². The summed E-state index contributed by atoms with van der Waals surface area (Å²) in [7, 11) is 1.54. The van der Waals surface area contributed by atoms with E-state index in [9.17, 15) is 4.79 Å². The lowest BCUT2D eigenvalue weighted by Crippen LogP contribution is -2.27. The average Bonchev–Trinajstić information content (AvgIpc) is 3.05. The fourth-order valence-corrected chi connectivity index (χ4v) is 1.77. The topological polar surface area (TPSA) is 87.3 Å². The summed E-state index contributed by atoms with van der Waals surface area (Å²) >= 11 is 0. The predicted octanol–water partition coefficient (Wildman–Crippen LogP) is 1.93. The van der Waals surface area contributed by atoms with Crippen molar-refractivity contribution in [2.45, 2.75) is 12.6 Å². The van der Waals surface area contributed by atoms with Gasteiger partial charge in [0.05, 0.1) is 19.4 Å². The minimum atomic E-state index is -0.803. The molecule has 1 atom stereocenters. The maximum Gasteiger partial charge on any atom is 0.252 e. The van der Waals surface area contributed by atoms with Crippen LogP contribution in [0.5, 0.6) is 0 Å². The Kier molecular flexibility index (Phi) is 5.10. The molecule has 1 aromatic heterocycles. The highest BCUT2D eigenvalue weighted by Gasteiger charge is 2.17. The van der Waals surface area contributed by atoms with Crippen LogP contribution in [0.25, 0.3) is 0 Å². The van der Waals surface area contributed by atoms with Crippen molar-refractivity contribution in [1.29, 1.82) is 5.26 Å². The monoisotopic (exact) mass is 285 g/mol. The Morgan fingerprint density at radius 2 is 2.14 bits per heavy atom. The van der Waals surface area contributed by atoms with Gasteiger partial charge in [-0.3, -0.25) is 4.79 Å². The Morgan fingerprint density at radius 3 is 2.71 bits per heavy atom. The Hall–Kier alpha value is -2.62. The molecule has 1 aromatic carbocycles. The molecule has 0 spiro atoms. The van der Waals surface area contributed by atoms with E-state index in [2.05, 4.69) is 10.8 Å². The van der Waals surface area contributed by atoms with Gasteiger partial charge in [-0.15, -0.1) is 0 Å². The van der Waals surface area contributed by atoms with E-state index in [0.29, 0.717) is 17.9 Å². The first-order valence-electron chi connectivity index (χ1n) is 6.33. The average molecular weight is 285 g/mol. The highest BCUT2D eigenvalue weighted by atomic mass is 16.6. The van der Waals surface area contributed by atoms with Crippen molar-refractivity contribution in [3.63, 3.8) is 0 Å². The second-order valence-corrected chi connectivity index (χ2v) is 4.27. The van der Waals surface area contributed by atoms with E-state index in [-0.39, 0.29) is 5.91 Å². The molecule has 0 fully saturated rings. The van der Waals surface area contributed by atoms with E-state index in [1.54, 1.807) is 31.4 Å². The third-order valence-electron chi connectivity index (χ3n) is 2.87. The second kappa shape index (κ2) is 7.24. The molecule has 6 heteroatoms. The smallest absolute Gasteiger partial charge is 0.252 e. The van der Waals surface area contributed by atoms with Gasteiger partial charge < -0.3 is 14.6 Å². The van der Waals surface area contributed by atoms with Crippen molar-refractivity contribution in [2.24, 2.45) is 0 Å². The van der Waals surface area contributed by atoms with Gasteiger partial charge in [0.2, 0.25) is 0 Å². The molecule has 0 aliphatic rings. The second-order valence-electron chi connectivity index (χ2n) is 4.27. The molecule has 1 amide bonds. The number of amides is 1. The standard InChI is InChI=1S/C15H15N3O3/c1-20-17-10-11-4-6-12(7-5-11)15(19)18-13(9-16)14-3-2-8-21-14/h2-8,13,17H,10H2,1H3,(H,18,19). The van der Waals surface area contributed by atoms with Gasteiger partial charge >= 0.3 is 0 Å². The number of benzene rings is 1. The van der Waals surface area contributed by atoms with E-state index in [1.165, 1.54) is 6.26 Å². The summed E-state index contributed by atoms with van der Waals surface area (Å²) in [6.07, 6.45) is 1.46. The lowest BCUT2D eigenvalue weighted by molar-refractivity contribution is 0.0867. The minimum Gasteiger partial charge on any atom is -0.466 e. The van der Waals surface area contributed by atoms with Crippen LogP contribution in [0.15, 0.2) is 47.1 Å². The molecule has 0 bridgehead atoms. The van der Waals surface area contributed by atoms with Crippen molar-refractivity contribution >= 4 is 5.91 Å². The van der Waals surface area contributed by atoms with Gasteiger partial charge in [-0.25, -0.2) is 0 Å². The van der Waals surface area contributed by atoms with Crippen molar-refractivity contribution < 1.29 is 14.0 Å². The van der Waals surface area contributed by atoms with Gasteiger partial charge in [-0.05, 0) is 29.8 Å². The Labute approximate surface area is 122 Å². The summed E-state index contributed by atoms with van der Waals surface area (Å²) in [5.74, 6) is 0.0796. The van der Waals surface area contributed by atoms with E-state index >= 15 is 0 Å². The molecule has 2 aromatic rings. The minimum absolute atomic E-state index is 0.329. The molecule has 2 N–H and O–H groups in total. The number of nitrogens with zero attached hydrogens (tertiary/aromatic N) is 1. The molecule has 0 radical (unpaired) electrons. The van der Waals surface area contributed by atoms with Gasteiger partial charge in [-0.1, -0.05) is 12.1 Å². The molecule has 21 heavy (non-hydrogen) atoms. The molecule has 0 saturated heterocycles. The summed E-state index contributed by atoms with van der Waals surface area (Å²) in [6.45, 7) is 0.547. The van der Waals surface area contributed by atoms with Crippen molar-refractivity contribution in [2.75, 3.05) is 7.11 Å². The fourth-order valence-electron chi connectivity index (χ4n) is 1.77. The zero-order valence-electron chi connectivity index (χ0n) is 11.5. The van der Waals surface area contributed by atoms with Crippen LogP contribution >= 0.6 is 0 Å². The largest absolute Gasteiger partial charge is 0.466 e. The first kappa shape index (κ1) is 14.8. The van der Waals surface area contributed by atoms with Crippen LogP contribution in [0, 0.1) is 11.3 Å².